The van der Waals surface area contributed by atoms with Gasteiger partial charge in [-0.2, -0.15) is 0 Å². The normalized spacial score (nSPS) is 17.4. The Morgan fingerprint density at radius 1 is 1.53 bits per heavy atom. The average molecular weight is 236 g/mol. The van der Waals surface area contributed by atoms with Crippen molar-refractivity contribution in [2.24, 2.45) is 5.92 Å². The summed E-state index contributed by atoms with van der Waals surface area (Å²) in [6, 6.07) is 1.73. The lowest BCUT2D eigenvalue weighted by Crippen LogP contribution is -2.40. The smallest absolute Gasteiger partial charge is 0.257 e. The number of hydrogen-bond donors (Lipinski definition) is 1. The fourth-order valence-corrected chi connectivity index (χ4v) is 2.26. The molecule has 0 radical (unpaired) electrons. The van der Waals surface area contributed by atoms with Gasteiger partial charge >= 0.3 is 0 Å². The van der Waals surface area contributed by atoms with Gasteiger partial charge < -0.3 is 14.6 Å². The predicted octanol–water partition coefficient (Wildman–Crippen LogP) is 1.74. The first kappa shape index (κ1) is 12.2. The molecule has 1 aliphatic heterocycles. The van der Waals surface area contributed by atoms with Crippen LogP contribution in [0.3, 0.4) is 0 Å². The molecule has 17 heavy (non-hydrogen) atoms. The van der Waals surface area contributed by atoms with Gasteiger partial charge in [0.05, 0.1) is 11.8 Å². The number of piperidine rings is 1. The van der Waals surface area contributed by atoms with Crippen LogP contribution in [0.1, 0.15) is 30.1 Å². The summed E-state index contributed by atoms with van der Waals surface area (Å²) in [5.41, 5.74) is 0.662. The molecular weight excluding hydrogens is 216 g/mol. The summed E-state index contributed by atoms with van der Waals surface area (Å²) in [6.07, 6.45) is 5.26. The van der Waals surface area contributed by atoms with Crippen LogP contribution in [0.25, 0.3) is 0 Å². The van der Waals surface area contributed by atoms with E-state index in [0.29, 0.717) is 11.5 Å². The van der Waals surface area contributed by atoms with Gasteiger partial charge in [-0.05, 0) is 37.9 Å². The maximum absolute atomic E-state index is 12.0. The quantitative estimate of drug-likeness (QED) is 0.866. The summed E-state index contributed by atoms with van der Waals surface area (Å²) in [5.74, 6) is 0.809. The first-order chi connectivity index (χ1) is 8.31. The van der Waals surface area contributed by atoms with E-state index in [0.717, 1.165) is 39.0 Å². The van der Waals surface area contributed by atoms with E-state index < -0.39 is 0 Å². The van der Waals surface area contributed by atoms with Crippen LogP contribution in [0.2, 0.25) is 0 Å². The number of likely N-dealkylation sites (tertiary alicyclic amines) is 1. The lowest BCUT2D eigenvalue weighted by molar-refractivity contribution is 0.0689. The zero-order chi connectivity index (χ0) is 12.1. The number of hydrogen-bond acceptors (Lipinski definition) is 3. The zero-order valence-electron chi connectivity index (χ0n) is 10.3. The second-order valence-electron chi connectivity index (χ2n) is 4.56. The van der Waals surface area contributed by atoms with E-state index >= 15 is 0 Å². The second-order valence-corrected chi connectivity index (χ2v) is 4.56. The standard InChI is InChI=1S/C13H20N2O2/c1-2-14-9-11-3-6-15(7-4-11)13(16)12-5-8-17-10-12/h5,8,10-11,14H,2-4,6-7,9H2,1H3. The van der Waals surface area contributed by atoms with Crippen LogP contribution < -0.4 is 5.32 Å². The molecule has 2 rings (SSSR count). The number of nitrogens with one attached hydrogen (secondary N) is 1. The van der Waals surface area contributed by atoms with E-state index in [4.69, 9.17) is 4.42 Å². The van der Waals surface area contributed by atoms with Gasteiger partial charge in [0.25, 0.3) is 5.91 Å². The van der Waals surface area contributed by atoms with E-state index in [1.165, 1.54) is 6.26 Å². The first-order valence-electron chi connectivity index (χ1n) is 6.33. The van der Waals surface area contributed by atoms with E-state index in [1.54, 1.807) is 12.3 Å². The van der Waals surface area contributed by atoms with Crippen molar-refractivity contribution >= 4 is 5.91 Å². The van der Waals surface area contributed by atoms with Gasteiger partial charge in [-0.25, -0.2) is 0 Å². The van der Waals surface area contributed by atoms with Crippen LogP contribution in [0, 0.1) is 5.92 Å². The van der Waals surface area contributed by atoms with Crippen LogP contribution >= 0.6 is 0 Å². The molecule has 0 spiro atoms. The lowest BCUT2D eigenvalue weighted by atomic mass is 9.96. The van der Waals surface area contributed by atoms with Gasteiger partial charge in [0.15, 0.2) is 0 Å². The van der Waals surface area contributed by atoms with Crippen LogP contribution in [0.15, 0.2) is 23.0 Å². The molecule has 1 saturated heterocycles. The highest BCUT2D eigenvalue weighted by molar-refractivity contribution is 5.93. The van der Waals surface area contributed by atoms with Gasteiger partial charge in [0.2, 0.25) is 0 Å². The Labute approximate surface area is 102 Å². The Morgan fingerprint density at radius 3 is 2.88 bits per heavy atom. The number of nitrogens with zero attached hydrogens (tertiary/aromatic N) is 1. The first-order valence-corrected chi connectivity index (χ1v) is 6.33. The van der Waals surface area contributed by atoms with Gasteiger partial charge in [-0.15, -0.1) is 0 Å². The third-order valence-electron chi connectivity index (χ3n) is 3.35. The Kier molecular flexibility index (Phi) is 4.20. The topological polar surface area (TPSA) is 45.5 Å². The van der Waals surface area contributed by atoms with Gasteiger partial charge in [-0.1, -0.05) is 6.92 Å². The van der Waals surface area contributed by atoms with Crippen molar-refractivity contribution in [2.75, 3.05) is 26.2 Å². The van der Waals surface area contributed by atoms with Crippen molar-refractivity contribution in [2.45, 2.75) is 19.8 Å². The number of furan rings is 1. The molecule has 4 nitrogen and oxygen atoms in total. The molecule has 1 aliphatic rings. The summed E-state index contributed by atoms with van der Waals surface area (Å²) in [6.45, 7) is 5.94. The van der Waals surface area contributed by atoms with Crippen molar-refractivity contribution in [3.05, 3.63) is 24.2 Å². The molecule has 2 heterocycles. The molecule has 1 N–H and O–H groups in total. The molecule has 0 bridgehead atoms. The minimum Gasteiger partial charge on any atom is -0.472 e. The maximum Gasteiger partial charge on any atom is 0.257 e. The summed E-state index contributed by atoms with van der Waals surface area (Å²) in [5, 5.41) is 3.37. The van der Waals surface area contributed by atoms with E-state index in [9.17, 15) is 4.79 Å². The Hall–Kier alpha value is -1.29. The molecular formula is C13H20N2O2. The predicted molar refractivity (Wildman–Crippen MR) is 65.9 cm³/mol. The molecule has 1 aromatic heterocycles. The van der Waals surface area contributed by atoms with Gasteiger partial charge in [0.1, 0.15) is 6.26 Å². The summed E-state index contributed by atoms with van der Waals surface area (Å²) in [7, 11) is 0. The van der Waals surface area contributed by atoms with E-state index in [-0.39, 0.29) is 5.91 Å². The van der Waals surface area contributed by atoms with Gasteiger partial charge in [0, 0.05) is 13.1 Å². The molecule has 0 saturated carbocycles. The van der Waals surface area contributed by atoms with Crippen LogP contribution in [-0.2, 0) is 0 Å². The Morgan fingerprint density at radius 2 is 2.29 bits per heavy atom. The highest BCUT2D eigenvalue weighted by atomic mass is 16.3. The van der Waals surface area contributed by atoms with Crippen LogP contribution in [-0.4, -0.2) is 37.0 Å². The van der Waals surface area contributed by atoms with Crippen LogP contribution in [0.5, 0.6) is 0 Å². The number of amides is 1. The molecule has 0 aliphatic carbocycles. The van der Waals surface area contributed by atoms with Crippen molar-refractivity contribution in [3.8, 4) is 0 Å². The fourth-order valence-electron chi connectivity index (χ4n) is 2.26. The van der Waals surface area contributed by atoms with Crippen molar-refractivity contribution in [3.63, 3.8) is 0 Å². The van der Waals surface area contributed by atoms with E-state index in [2.05, 4.69) is 12.2 Å². The minimum absolute atomic E-state index is 0.0978. The molecule has 0 unspecified atom stereocenters. The van der Waals surface area contributed by atoms with Crippen molar-refractivity contribution in [1.29, 1.82) is 0 Å². The summed E-state index contributed by atoms with van der Waals surface area (Å²) < 4.78 is 4.94. The third kappa shape index (κ3) is 3.09. The summed E-state index contributed by atoms with van der Waals surface area (Å²) in [4.78, 5) is 14.0. The molecule has 0 aromatic carbocycles. The number of rotatable bonds is 4. The minimum atomic E-state index is 0.0978. The summed E-state index contributed by atoms with van der Waals surface area (Å²) >= 11 is 0. The maximum atomic E-state index is 12.0. The third-order valence-corrected chi connectivity index (χ3v) is 3.35. The Balaban J connectivity index is 1.81. The molecule has 94 valence electrons. The van der Waals surface area contributed by atoms with E-state index in [1.807, 2.05) is 4.90 Å². The largest absolute Gasteiger partial charge is 0.472 e. The monoisotopic (exact) mass is 236 g/mol. The highest BCUT2D eigenvalue weighted by Crippen LogP contribution is 2.18. The average Bonchev–Trinajstić information content (AvgIpc) is 2.90. The van der Waals surface area contributed by atoms with Gasteiger partial charge in [-0.3, -0.25) is 4.79 Å². The molecule has 1 amide bonds. The molecule has 1 aromatic rings. The molecule has 0 atom stereocenters. The SMILES string of the molecule is CCNCC1CCN(C(=O)c2ccoc2)CC1. The van der Waals surface area contributed by atoms with Crippen LogP contribution in [0.4, 0.5) is 0 Å². The van der Waals surface area contributed by atoms with Crippen molar-refractivity contribution < 1.29 is 9.21 Å². The fraction of sp³-hybridized carbons (Fsp3) is 0.615. The zero-order valence-corrected chi connectivity index (χ0v) is 10.3. The van der Waals surface area contributed by atoms with Crippen molar-refractivity contribution in [1.82, 2.24) is 10.2 Å². The number of carbonyl (C=O) groups is 1. The number of carbonyl (C=O) groups excluding carboxylic acids is 1. The Bertz CT molecular complexity index is 340. The second kappa shape index (κ2) is 5.87. The molecule has 4 heteroatoms. The molecule has 1 fully saturated rings. The lowest BCUT2D eigenvalue weighted by Gasteiger charge is -2.31. The highest BCUT2D eigenvalue weighted by Gasteiger charge is 2.23.